The molecular weight excluding hydrogens is 302 g/mol. The van der Waals surface area contributed by atoms with Gasteiger partial charge in [0.1, 0.15) is 10.6 Å². The second-order valence-corrected chi connectivity index (χ2v) is 6.80. The number of nitrogens with one attached hydrogen (secondary N) is 1. The number of aryl methyl sites for hydroxylation is 1. The topological polar surface area (TPSA) is 101 Å². The number of nitrogens with zero attached hydrogens (tertiary/aromatic N) is 2. The third kappa shape index (κ3) is 3.24. The first-order chi connectivity index (χ1) is 9.40. The zero-order chi connectivity index (χ0) is 14.8. The Morgan fingerprint density at radius 2 is 2.30 bits per heavy atom. The van der Waals surface area contributed by atoms with Gasteiger partial charge in [-0.2, -0.15) is 0 Å². The monoisotopic (exact) mass is 315 g/mol. The van der Waals surface area contributed by atoms with E-state index in [0.717, 1.165) is 11.1 Å². The van der Waals surface area contributed by atoms with E-state index in [4.69, 9.17) is 5.11 Å². The molecule has 0 saturated heterocycles. The second-order valence-electron chi connectivity index (χ2n) is 4.05. The summed E-state index contributed by atoms with van der Waals surface area (Å²) in [6.45, 7) is 0.215. The van der Waals surface area contributed by atoms with Gasteiger partial charge in [0, 0.05) is 37.8 Å². The number of thiazole rings is 1. The molecule has 0 unspecified atom stereocenters. The van der Waals surface area contributed by atoms with Gasteiger partial charge in [0.15, 0.2) is 0 Å². The van der Waals surface area contributed by atoms with Crippen LogP contribution in [0.1, 0.15) is 15.5 Å². The number of rotatable bonds is 6. The van der Waals surface area contributed by atoms with Gasteiger partial charge in [0.25, 0.3) is 0 Å². The van der Waals surface area contributed by atoms with E-state index < -0.39 is 16.0 Å². The fourth-order valence-electron chi connectivity index (χ4n) is 1.65. The highest BCUT2D eigenvalue weighted by atomic mass is 32.2. The van der Waals surface area contributed by atoms with Crippen LogP contribution in [-0.2, 0) is 23.5 Å². The first-order valence-corrected chi connectivity index (χ1v) is 8.04. The molecule has 0 aliphatic rings. The van der Waals surface area contributed by atoms with Crippen molar-refractivity contribution >= 4 is 27.3 Å². The van der Waals surface area contributed by atoms with Crippen LogP contribution in [0.2, 0.25) is 0 Å². The maximum Gasteiger partial charge on any atom is 0.352 e. The first-order valence-electron chi connectivity index (χ1n) is 5.68. The van der Waals surface area contributed by atoms with Crippen LogP contribution in [0.3, 0.4) is 0 Å². The SMILES string of the molecule is Cn1cc(S(=O)(=O)NCCc2nccs2)cc1C(=O)O. The van der Waals surface area contributed by atoms with Gasteiger partial charge in [0.2, 0.25) is 10.0 Å². The molecule has 7 nitrogen and oxygen atoms in total. The summed E-state index contributed by atoms with van der Waals surface area (Å²) in [5.41, 5.74) is -0.0784. The predicted octanol–water partition coefficient (Wildman–Crippen LogP) is 0.701. The van der Waals surface area contributed by atoms with E-state index in [1.54, 1.807) is 6.20 Å². The van der Waals surface area contributed by atoms with Crippen LogP contribution in [-0.4, -0.2) is 35.6 Å². The van der Waals surface area contributed by atoms with Crippen LogP contribution < -0.4 is 4.72 Å². The summed E-state index contributed by atoms with van der Waals surface area (Å²) in [6.07, 6.45) is 3.43. The molecule has 2 rings (SSSR count). The van der Waals surface area contributed by atoms with Crippen molar-refractivity contribution < 1.29 is 18.3 Å². The summed E-state index contributed by atoms with van der Waals surface area (Å²) in [7, 11) is -2.22. The molecule has 0 radical (unpaired) electrons. The number of sulfonamides is 1. The van der Waals surface area contributed by atoms with E-state index in [0.29, 0.717) is 6.42 Å². The molecule has 2 aromatic heterocycles. The van der Waals surface area contributed by atoms with E-state index >= 15 is 0 Å². The van der Waals surface area contributed by atoms with Crippen molar-refractivity contribution in [3.8, 4) is 0 Å². The highest BCUT2D eigenvalue weighted by Crippen LogP contribution is 2.13. The maximum atomic E-state index is 12.0. The molecular formula is C11H13N3O4S2. The van der Waals surface area contributed by atoms with E-state index in [2.05, 4.69) is 9.71 Å². The molecule has 9 heteroatoms. The van der Waals surface area contributed by atoms with Gasteiger partial charge >= 0.3 is 5.97 Å². The Bertz CT molecular complexity index is 704. The minimum atomic E-state index is -3.71. The summed E-state index contributed by atoms with van der Waals surface area (Å²) in [4.78, 5) is 14.9. The zero-order valence-corrected chi connectivity index (χ0v) is 12.2. The highest BCUT2D eigenvalue weighted by Gasteiger charge is 2.19. The van der Waals surface area contributed by atoms with E-state index in [9.17, 15) is 13.2 Å². The molecule has 0 aromatic carbocycles. The highest BCUT2D eigenvalue weighted by molar-refractivity contribution is 7.89. The standard InChI is InChI=1S/C11H13N3O4S2/c1-14-7-8(6-9(14)11(15)16)20(17,18)13-3-2-10-12-4-5-19-10/h4-7,13H,2-3H2,1H3,(H,15,16). The van der Waals surface area contributed by atoms with Gasteiger partial charge in [-0.25, -0.2) is 22.9 Å². The zero-order valence-electron chi connectivity index (χ0n) is 10.6. The average Bonchev–Trinajstić information content (AvgIpc) is 2.98. The van der Waals surface area contributed by atoms with Crippen LogP contribution in [0.15, 0.2) is 28.7 Å². The fraction of sp³-hybridized carbons (Fsp3) is 0.273. The molecule has 108 valence electrons. The Kier molecular flexibility index (Phi) is 4.21. The lowest BCUT2D eigenvalue weighted by Crippen LogP contribution is -2.25. The van der Waals surface area contributed by atoms with Gasteiger partial charge in [-0.15, -0.1) is 11.3 Å². The molecule has 0 saturated carbocycles. The third-order valence-corrected chi connectivity index (χ3v) is 4.89. The minimum absolute atomic E-state index is 0.0588. The molecule has 0 amide bonds. The number of hydrogen-bond donors (Lipinski definition) is 2. The van der Waals surface area contributed by atoms with Gasteiger partial charge < -0.3 is 9.67 Å². The minimum Gasteiger partial charge on any atom is -0.477 e. The number of carbonyl (C=O) groups is 1. The molecule has 0 atom stereocenters. The molecule has 0 bridgehead atoms. The molecule has 0 aliphatic carbocycles. The Balaban J connectivity index is 2.06. The Morgan fingerprint density at radius 3 is 2.85 bits per heavy atom. The van der Waals surface area contributed by atoms with Crippen molar-refractivity contribution in [3.05, 3.63) is 34.5 Å². The van der Waals surface area contributed by atoms with E-state index in [1.165, 1.54) is 29.1 Å². The molecule has 0 fully saturated rings. The van der Waals surface area contributed by atoms with Crippen molar-refractivity contribution in [2.75, 3.05) is 6.54 Å². The summed E-state index contributed by atoms with van der Waals surface area (Å²) in [5, 5.41) is 11.6. The van der Waals surface area contributed by atoms with Crippen molar-refractivity contribution in [2.24, 2.45) is 7.05 Å². The number of aromatic carboxylic acids is 1. The van der Waals surface area contributed by atoms with E-state index in [1.807, 2.05) is 5.38 Å². The maximum absolute atomic E-state index is 12.0. The number of hydrogen-bond acceptors (Lipinski definition) is 5. The molecule has 20 heavy (non-hydrogen) atoms. The lowest BCUT2D eigenvalue weighted by atomic mass is 10.4. The summed E-state index contributed by atoms with van der Waals surface area (Å²) >= 11 is 1.45. The summed E-state index contributed by atoms with van der Waals surface area (Å²) in [6, 6.07) is 1.13. The quantitative estimate of drug-likeness (QED) is 0.817. The smallest absolute Gasteiger partial charge is 0.352 e. The van der Waals surface area contributed by atoms with Crippen LogP contribution in [0, 0.1) is 0 Å². The van der Waals surface area contributed by atoms with Gasteiger partial charge in [-0.1, -0.05) is 0 Å². The van der Waals surface area contributed by atoms with Crippen molar-refractivity contribution in [1.29, 1.82) is 0 Å². The van der Waals surface area contributed by atoms with E-state index in [-0.39, 0.29) is 17.1 Å². The van der Waals surface area contributed by atoms with Crippen LogP contribution in [0.5, 0.6) is 0 Å². The molecule has 0 aliphatic heterocycles. The number of aromatic nitrogens is 2. The summed E-state index contributed by atoms with van der Waals surface area (Å²) < 4.78 is 27.7. The molecule has 2 N–H and O–H groups in total. The first kappa shape index (κ1) is 14.7. The van der Waals surface area contributed by atoms with Crippen LogP contribution >= 0.6 is 11.3 Å². The Morgan fingerprint density at radius 1 is 1.55 bits per heavy atom. The van der Waals surface area contributed by atoms with Gasteiger partial charge in [-0.05, 0) is 6.07 Å². The van der Waals surface area contributed by atoms with Crippen molar-refractivity contribution in [1.82, 2.24) is 14.3 Å². The molecule has 0 spiro atoms. The summed E-state index contributed by atoms with van der Waals surface area (Å²) in [5.74, 6) is -1.17. The predicted molar refractivity (Wildman–Crippen MR) is 73.4 cm³/mol. The van der Waals surface area contributed by atoms with Crippen LogP contribution in [0.4, 0.5) is 0 Å². The van der Waals surface area contributed by atoms with Crippen molar-refractivity contribution in [2.45, 2.75) is 11.3 Å². The molecule has 2 aromatic rings. The Hall–Kier alpha value is -1.71. The van der Waals surface area contributed by atoms with Gasteiger partial charge in [0.05, 0.1) is 5.01 Å². The normalized spacial score (nSPS) is 11.7. The lowest BCUT2D eigenvalue weighted by Gasteiger charge is -2.03. The number of carboxylic acid groups (broad SMARTS) is 1. The van der Waals surface area contributed by atoms with Gasteiger partial charge in [-0.3, -0.25) is 0 Å². The fourth-order valence-corrected chi connectivity index (χ4v) is 3.37. The Labute approximate surface area is 119 Å². The third-order valence-electron chi connectivity index (χ3n) is 2.62. The second kappa shape index (κ2) is 5.73. The largest absolute Gasteiger partial charge is 0.477 e. The average molecular weight is 315 g/mol. The molecule has 2 heterocycles. The number of carboxylic acids is 1. The van der Waals surface area contributed by atoms with Crippen molar-refractivity contribution in [3.63, 3.8) is 0 Å². The van der Waals surface area contributed by atoms with Crippen LogP contribution in [0.25, 0.3) is 0 Å². The lowest BCUT2D eigenvalue weighted by molar-refractivity contribution is 0.0686.